The summed E-state index contributed by atoms with van der Waals surface area (Å²) in [5.74, 6) is 0.756. The van der Waals surface area contributed by atoms with Crippen molar-refractivity contribution in [1.82, 2.24) is 14.4 Å². The van der Waals surface area contributed by atoms with Gasteiger partial charge in [-0.3, -0.25) is 0 Å². The Balaban J connectivity index is 2.36. The van der Waals surface area contributed by atoms with Gasteiger partial charge in [-0.05, 0) is 15.9 Å². The maximum atomic E-state index is 8.76. The third-order valence-electron chi connectivity index (χ3n) is 2.69. The van der Waals surface area contributed by atoms with E-state index in [1.54, 1.807) is 13.3 Å². The van der Waals surface area contributed by atoms with Crippen LogP contribution in [0.15, 0.2) is 23.2 Å². The van der Waals surface area contributed by atoms with Crippen LogP contribution in [-0.2, 0) is 4.74 Å². The van der Waals surface area contributed by atoms with Gasteiger partial charge in [0.1, 0.15) is 4.60 Å². The van der Waals surface area contributed by atoms with Crippen LogP contribution in [0.25, 0.3) is 5.65 Å². The van der Waals surface area contributed by atoms with Gasteiger partial charge in [-0.2, -0.15) is 5.26 Å². The molecule has 2 aromatic heterocycles. The van der Waals surface area contributed by atoms with Crippen molar-refractivity contribution in [3.8, 4) is 6.07 Å². The predicted molar refractivity (Wildman–Crippen MR) is 75.0 cm³/mol. The lowest BCUT2D eigenvalue weighted by Crippen LogP contribution is -2.29. The van der Waals surface area contributed by atoms with E-state index in [-0.39, 0.29) is 0 Å². The van der Waals surface area contributed by atoms with Gasteiger partial charge in [-0.15, -0.1) is 0 Å². The van der Waals surface area contributed by atoms with E-state index in [9.17, 15) is 0 Å². The maximum Gasteiger partial charge on any atom is 0.180 e. The molecule has 0 saturated heterocycles. The van der Waals surface area contributed by atoms with Crippen LogP contribution in [0.4, 0.5) is 5.82 Å². The van der Waals surface area contributed by atoms with Crippen molar-refractivity contribution in [3.63, 3.8) is 0 Å². The van der Waals surface area contributed by atoms with E-state index in [1.165, 1.54) is 0 Å². The summed E-state index contributed by atoms with van der Waals surface area (Å²) in [6.07, 6.45) is 5.88. The Morgan fingerprint density at radius 1 is 1.53 bits per heavy atom. The van der Waals surface area contributed by atoms with E-state index in [0.29, 0.717) is 26.1 Å². The van der Waals surface area contributed by atoms with Gasteiger partial charge in [0.05, 0.1) is 19.1 Å². The normalized spacial score (nSPS) is 10.6. The smallest absolute Gasteiger partial charge is 0.180 e. The Hall–Kier alpha value is -1.65. The fourth-order valence-corrected chi connectivity index (χ4v) is 2.20. The van der Waals surface area contributed by atoms with Gasteiger partial charge in [0, 0.05) is 38.8 Å². The average molecular weight is 324 g/mol. The Kier molecular flexibility index (Phi) is 4.71. The monoisotopic (exact) mass is 323 g/mol. The topological polar surface area (TPSA) is 66.5 Å². The van der Waals surface area contributed by atoms with E-state index in [4.69, 9.17) is 10.00 Å². The lowest BCUT2D eigenvalue weighted by Gasteiger charge is -2.22. The minimum absolute atomic E-state index is 0.435. The number of imidazole rings is 1. The molecule has 0 atom stereocenters. The van der Waals surface area contributed by atoms with Crippen LogP contribution in [0, 0.1) is 11.3 Å². The van der Waals surface area contributed by atoms with Gasteiger partial charge < -0.3 is 14.0 Å². The summed E-state index contributed by atoms with van der Waals surface area (Å²) >= 11 is 3.39. The van der Waals surface area contributed by atoms with Gasteiger partial charge in [0.2, 0.25) is 0 Å². The molecule has 19 heavy (non-hydrogen) atoms. The van der Waals surface area contributed by atoms with Crippen LogP contribution in [0.1, 0.15) is 6.42 Å². The Morgan fingerprint density at radius 3 is 3.11 bits per heavy atom. The highest BCUT2D eigenvalue weighted by Gasteiger charge is 2.14. The minimum Gasteiger partial charge on any atom is -0.383 e. The molecule has 0 bridgehead atoms. The molecular formula is C12H14BrN5O. The second-order valence-electron chi connectivity index (χ2n) is 3.93. The molecule has 0 aliphatic carbocycles. The standard InChI is InChI=1S/C12H14BrN5O/c1-19-8-7-17(5-2-3-14)12-11-15-4-6-18(11)9-10(13)16-12/h4,6,9H,2,5,7-8H2,1H3. The Morgan fingerprint density at radius 2 is 2.37 bits per heavy atom. The highest BCUT2D eigenvalue weighted by molar-refractivity contribution is 9.10. The van der Waals surface area contributed by atoms with Crippen LogP contribution in [0.3, 0.4) is 0 Å². The van der Waals surface area contributed by atoms with Crippen LogP contribution < -0.4 is 4.90 Å². The Labute approximate surface area is 119 Å². The number of nitrogens with zero attached hydrogens (tertiary/aromatic N) is 5. The summed E-state index contributed by atoms with van der Waals surface area (Å²) in [6.45, 7) is 1.85. The molecule has 100 valence electrons. The fourth-order valence-electron chi connectivity index (χ4n) is 1.81. The number of hydrogen-bond acceptors (Lipinski definition) is 5. The average Bonchev–Trinajstić information content (AvgIpc) is 2.86. The molecule has 0 amide bonds. The van der Waals surface area contributed by atoms with E-state index >= 15 is 0 Å². The van der Waals surface area contributed by atoms with Gasteiger partial charge in [-0.1, -0.05) is 0 Å². The van der Waals surface area contributed by atoms with Crippen LogP contribution >= 0.6 is 15.9 Å². The molecular weight excluding hydrogens is 310 g/mol. The SMILES string of the molecule is COCCN(CCC#N)c1nc(Br)cn2ccnc12. The molecule has 0 spiro atoms. The number of fused-ring (bicyclic) bond motifs is 1. The van der Waals surface area contributed by atoms with Crippen molar-refractivity contribution >= 4 is 27.4 Å². The molecule has 6 nitrogen and oxygen atoms in total. The molecule has 0 fully saturated rings. The number of methoxy groups -OCH3 is 1. The Bertz CT molecular complexity index is 591. The van der Waals surface area contributed by atoms with Gasteiger partial charge in [0.15, 0.2) is 11.5 Å². The summed E-state index contributed by atoms with van der Waals surface area (Å²) < 4.78 is 7.74. The molecule has 2 heterocycles. The molecule has 0 aliphatic rings. The van der Waals surface area contributed by atoms with Crippen molar-refractivity contribution in [3.05, 3.63) is 23.2 Å². The first-order valence-corrected chi connectivity index (χ1v) is 6.65. The molecule has 0 unspecified atom stereocenters. The number of rotatable bonds is 6. The lowest BCUT2D eigenvalue weighted by atomic mass is 10.4. The van der Waals surface area contributed by atoms with Crippen molar-refractivity contribution in [1.29, 1.82) is 5.26 Å². The van der Waals surface area contributed by atoms with Crippen molar-refractivity contribution < 1.29 is 4.74 Å². The van der Waals surface area contributed by atoms with E-state index in [0.717, 1.165) is 16.1 Å². The van der Waals surface area contributed by atoms with Crippen molar-refractivity contribution in [2.24, 2.45) is 0 Å². The summed E-state index contributed by atoms with van der Waals surface area (Å²) in [6, 6.07) is 2.15. The van der Waals surface area contributed by atoms with Crippen LogP contribution in [0.5, 0.6) is 0 Å². The second kappa shape index (κ2) is 6.50. The fraction of sp³-hybridized carbons (Fsp3) is 0.417. The highest BCUT2D eigenvalue weighted by atomic mass is 79.9. The summed E-state index contributed by atoms with van der Waals surface area (Å²) in [4.78, 5) is 10.8. The molecule has 2 aromatic rings. The number of nitriles is 1. The third-order valence-corrected chi connectivity index (χ3v) is 3.07. The molecule has 0 aliphatic heterocycles. The number of hydrogen-bond donors (Lipinski definition) is 0. The van der Waals surface area contributed by atoms with Crippen LogP contribution in [-0.4, -0.2) is 41.2 Å². The van der Waals surface area contributed by atoms with Gasteiger partial charge >= 0.3 is 0 Å². The van der Waals surface area contributed by atoms with Crippen molar-refractivity contribution in [2.75, 3.05) is 31.7 Å². The quantitative estimate of drug-likeness (QED) is 0.811. The first kappa shape index (κ1) is 13.8. The maximum absolute atomic E-state index is 8.76. The number of halogens is 1. The first-order valence-electron chi connectivity index (χ1n) is 5.86. The summed E-state index contributed by atoms with van der Waals surface area (Å²) in [5, 5.41) is 8.76. The van der Waals surface area contributed by atoms with E-state index < -0.39 is 0 Å². The third kappa shape index (κ3) is 3.22. The summed E-state index contributed by atoms with van der Waals surface area (Å²) in [7, 11) is 1.65. The number of ether oxygens (including phenoxy) is 1. The lowest BCUT2D eigenvalue weighted by molar-refractivity contribution is 0.205. The molecule has 0 N–H and O–H groups in total. The number of anilines is 1. The zero-order valence-corrected chi connectivity index (χ0v) is 12.2. The van der Waals surface area contributed by atoms with Crippen LogP contribution in [0.2, 0.25) is 0 Å². The van der Waals surface area contributed by atoms with E-state index in [2.05, 4.69) is 32.0 Å². The zero-order valence-electron chi connectivity index (χ0n) is 10.6. The highest BCUT2D eigenvalue weighted by Crippen LogP contribution is 2.21. The van der Waals surface area contributed by atoms with E-state index in [1.807, 2.05) is 21.7 Å². The van der Waals surface area contributed by atoms with Gasteiger partial charge in [0.25, 0.3) is 0 Å². The molecule has 0 aromatic carbocycles. The second-order valence-corrected chi connectivity index (χ2v) is 4.75. The van der Waals surface area contributed by atoms with Crippen molar-refractivity contribution in [2.45, 2.75) is 6.42 Å². The van der Waals surface area contributed by atoms with Gasteiger partial charge in [-0.25, -0.2) is 9.97 Å². The molecule has 2 rings (SSSR count). The number of aromatic nitrogens is 3. The zero-order chi connectivity index (χ0) is 13.7. The first-order chi connectivity index (χ1) is 9.26. The molecule has 7 heteroatoms. The largest absolute Gasteiger partial charge is 0.383 e. The predicted octanol–water partition coefficient (Wildman–Crippen LogP) is 1.86. The molecule has 0 radical (unpaired) electrons. The molecule has 0 saturated carbocycles. The summed E-state index contributed by atoms with van der Waals surface area (Å²) in [5.41, 5.74) is 0.775. The minimum atomic E-state index is 0.435.